The van der Waals surface area contributed by atoms with E-state index in [1.165, 1.54) is 0 Å². The van der Waals surface area contributed by atoms with Gasteiger partial charge >= 0.3 is 0 Å². The molecule has 0 atom stereocenters. The van der Waals surface area contributed by atoms with Gasteiger partial charge in [-0.1, -0.05) is 18.2 Å². The van der Waals surface area contributed by atoms with E-state index in [0.717, 1.165) is 11.3 Å². The molecule has 0 saturated heterocycles. The van der Waals surface area contributed by atoms with Gasteiger partial charge in [0, 0.05) is 43.0 Å². The fourth-order valence-corrected chi connectivity index (χ4v) is 2.80. The van der Waals surface area contributed by atoms with Gasteiger partial charge in [-0.3, -0.25) is 14.4 Å². The number of anilines is 2. The number of amides is 3. The minimum atomic E-state index is -0.336. The molecule has 0 aromatic heterocycles. The van der Waals surface area contributed by atoms with Gasteiger partial charge in [-0.15, -0.1) is 0 Å². The van der Waals surface area contributed by atoms with Gasteiger partial charge < -0.3 is 20.9 Å². The van der Waals surface area contributed by atoms with Crippen molar-refractivity contribution in [1.82, 2.24) is 10.2 Å². The molecule has 3 amide bonds. The molecular weight excluding hydrogens is 392 g/mol. The summed E-state index contributed by atoms with van der Waals surface area (Å²) in [5.74, 6) is -0.304. The van der Waals surface area contributed by atoms with Crippen molar-refractivity contribution in [1.29, 1.82) is 0 Å². The second-order valence-electron chi connectivity index (χ2n) is 8.67. The molecule has 0 bridgehead atoms. The lowest BCUT2D eigenvalue weighted by Gasteiger charge is -2.20. The third-order valence-electron chi connectivity index (χ3n) is 4.43. The SMILES string of the molecule is CN(C)C(=O)CCc1ccc(NCC(=O)Nc2cccc(C(=O)NC(C)(C)C)c2)cc1. The molecular formula is C24H32N4O3. The zero-order valence-electron chi connectivity index (χ0n) is 18.9. The van der Waals surface area contributed by atoms with Crippen molar-refractivity contribution in [2.24, 2.45) is 0 Å². The molecule has 2 rings (SSSR count). The summed E-state index contributed by atoms with van der Waals surface area (Å²) in [5.41, 5.74) is 2.60. The standard InChI is InChI=1S/C24H32N4O3/c1-24(2,3)27-23(31)18-7-6-8-20(15-18)26-21(29)16-25-19-12-9-17(10-13-19)11-14-22(30)28(4)5/h6-10,12-13,15,25H,11,14,16H2,1-5H3,(H,26,29)(H,27,31). The number of rotatable bonds is 8. The predicted molar refractivity (Wildman–Crippen MR) is 124 cm³/mol. The van der Waals surface area contributed by atoms with Gasteiger partial charge in [-0.05, 0) is 63.1 Å². The van der Waals surface area contributed by atoms with Gasteiger partial charge in [-0.25, -0.2) is 0 Å². The summed E-state index contributed by atoms with van der Waals surface area (Å²) in [4.78, 5) is 37.8. The number of hydrogen-bond acceptors (Lipinski definition) is 4. The molecule has 7 heteroatoms. The maximum absolute atomic E-state index is 12.3. The molecule has 0 aliphatic carbocycles. The fraction of sp³-hybridized carbons (Fsp3) is 0.375. The molecule has 0 saturated carbocycles. The Morgan fingerprint density at radius 3 is 2.23 bits per heavy atom. The molecule has 7 nitrogen and oxygen atoms in total. The molecule has 0 fully saturated rings. The molecule has 166 valence electrons. The summed E-state index contributed by atoms with van der Waals surface area (Å²) >= 11 is 0. The van der Waals surface area contributed by atoms with Crippen LogP contribution in [0.15, 0.2) is 48.5 Å². The van der Waals surface area contributed by atoms with E-state index in [4.69, 9.17) is 0 Å². The summed E-state index contributed by atoms with van der Waals surface area (Å²) in [6.07, 6.45) is 1.14. The number of nitrogens with one attached hydrogen (secondary N) is 3. The molecule has 0 unspecified atom stereocenters. The van der Waals surface area contributed by atoms with E-state index >= 15 is 0 Å². The van der Waals surface area contributed by atoms with Crippen molar-refractivity contribution in [3.05, 3.63) is 59.7 Å². The Labute approximate surface area is 184 Å². The Bertz CT molecular complexity index is 915. The van der Waals surface area contributed by atoms with E-state index in [-0.39, 0.29) is 29.8 Å². The smallest absolute Gasteiger partial charge is 0.251 e. The lowest BCUT2D eigenvalue weighted by molar-refractivity contribution is -0.128. The van der Waals surface area contributed by atoms with Crippen molar-refractivity contribution in [3.8, 4) is 0 Å². The summed E-state index contributed by atoms with van der Waals surface area (Å²) in [6.45, 7) is 5.84. The molecule has 2 aromatic carbocycles. The van der Waals surface area contributed by atoms with Crippen LogP contribution in [0.3, 0.4) is 0 Å². The summed E-state index contributed by atoms with van der Waals surface area (Å²) in [6, 6.07) is 14.5. The van der Waals surface area contributed by atoms with Gasteiger partial charge in [0.05, 0.1) is 6.54 Å². The Morgan fingerprint density at radius 1 is 0.935 bits per heavy atom. The van der Waals surface area contributed by atoms with E-state index in [0.29, 0.717) is 24.1 Å². The summed E-state index contributed by atoms with van der Waals surface area (Å²) in [5, 5.41) is 8.78. The van der Waals surface area contributed by atoms with Crippen LogP contribution >= 0.6 is 0 Å². The third kappa shape index (κ3) is 8.50. The van der Waals surface area contributed by atoms with Gasteiger partial charge in [0.25, 0.3) is 5.91 Å². The predicted octanol–water partition coefficient (Wildman–Crippen LogP) is 3.29. The van der Waals surface area contributed by atoms with Crippen molar-refractivity contribution in [2.75, 3.05) is 31.3 Å². The summed E-state index contributed by atoms with van der Waals surface area (Å²) < 4.78 is 0. The monoisotopic (exact) mass is 424 g/mol. The minimum absolute atomic E-state index is 0.0941. The first-order valence-corrected chi connectivity index (χ1v) is 10.3. The van der Waals surface area contributed by atoms with Crippen LogP contribution in [0.4, 0.5) is 11.4 Å². The number of carbonyl (C=O) groups is 3. The highest BCUT2D eigenvalue weighted by atomic mass is 16.2. The zero-order valence-corrected chi connectivity index (χ0v) is 18.9. The van der Waals surface area contributed by atoms with Crippen molar-refractivity contribution < 1.29 is 14.4 Å². The molecule has 0 spiro atoms. The summed E-state index contributed by atoms with van der Waals surface area (Å²) in [7, 11) is 3.49. The molecule has 3 N–H and O–H groups in total. The number of carbonyl (C=O) groups excluding carboxylic acids is 3. The van der Waals surface area contributed by atoms with Crippen LogP contribution in [0, 0.1) is 0 Å². The lowest BCUT2D eigenvalue weighted by Crippen LogP contribution is -2.40. The third-order valence-corrected chi connectivity index (χ3v) is 4.43. The average Bonchev–Trinajstić information content (AvgIpc) is 2.70. The quantitative estimate of drug-likeness (QED) is 0.607. The van der Waals surface area contributed by atoms with E-state index in [9.17, 15) is 14.4 Å². The van der Waals surface area contributed by atoms with Crippen molar-refractivity contribution >= 4 is 29.1 Å². The molecule has 31 heavy (non-hydrogen) atoms. The fourth-order valence-electron chi connectivity index (χ4n) is 2.80. The lowest BCUT2D eigenvalue weighted by atomic mass is 10.1. The maximum Gasteiger partial charge on any atom is 0.251 e. The van der Waals surface area contributed by atoms with E-state index < -0.39 is 0 Å². The van der Waals surface area contributed by atoms with Gasteiger partial charge in [-0.2, -0.15) is 0 Å². The highest BCUT2D eigenvalue weighted by Crippen LogP contribution is 2.14. The second-order valence-corrected chi connectivity index (χ2v) is 8.67. The van der Waals surface area contributed by atoms with Crippen molar-refractivity contribution in [3.63, 3.8) is 0 Å². The highest BCUT2D eigenvalue weighted by molar-refractivity contribution is 5.98. The first-order valence-electron chi connectivity index (χ1n) is 10.3. The highest BCUT2D eigenvalue weighted by Gasteiger charge is 2.15. The van der Waals surface area contributed by atoms with Crippen LogP contribution in [0.2, 0.25) is 0 Å². The first-order chi connectivity index (χ1) is 14.5. The number of hydrogen-bond donors (Lipinski definition) is 3. The topological polar surface area (TPSA) is 90.5 Å². The van der Waals surface area contributed by atoms with Gasteiger partial charge in [0.2, 0.25) is 11.8 Å². The number of nitrogens with zero attached hydrogens (tertiary/aromatic N) is 1. The maximum atomic E-state index is 12.3. The largest absolute Gasteiger partial charge is 0.376 e. The van der Waals surface area contributed by atoms with Crippen LogP contribution in [-0.2, 0) is 16.0 Å². The normalized spacial score (nSPS) is 10.9. The molecule has 0 aliphatic heterocycles. The first kappa shape index (κ1) is 23.9. The zero-order chi connectivity index (χ0) is 23.0. The molecule has 0 heterocycles. The minimum Gasteiger partial charge on any atom is -0.376 e. The average molecular weight is 425 g/mol. The molecule has 2 aromatic rings. The van der Waals surface area contributed by atoms with Crippen LogP contribution in [0.25, 0.3) is 0 Å². The van der Waals surface area contributed by atoms with E-state index in [2.05, 4.69) is 16.0 Å². The Kier molecular flexibility index (Phi) is 8.19. The second kappa shape index (κ2) is 10.6. The van der Waals surface area contributed by atoms with Crippen LogP contribution in [0.1, 0.15) is 43.1 Å². The Morgan fingerprint density at radius 2 is 1.61 bits per heavy atom. The van der Waals surface area contributed by atoms with Crippen LogP contribution in [0.5, 0.6) is 0 Å². The van der Waals surface area contributed by atoms with E-state index in [1.807, 2.05) is 45.0 Å². The van der Waals surface area contributed by atoms with E-state index in [1.54, 1.807) is 43.3 Å². The number of benzene rings is 2. The van der Waals surface area contributed by atoms with Gasteiger partial charge in [0.15, 0.2) is 0 Å². The molecule has 0 aliphatic rings. The van der Waals surface area contributed by atoms with Gasteiger partial charge in [0.1, 0.15) is 0 Å². The van der Waals surface area contributed by atoms with Crippen molar-refractivity contribution in [2.45, 2.75) is 39.2 Å². The Balaban J connectivity index is 1.85. The number of aryl methyl sites for hydroxylation is 1. The Hall–Kier alpha value is -3.35. The van der Waals surface area contributed by atoms with Crippen LogP contribution in [-0.4, -0.2) is 48.8 Å². The molecule has 0 radical (unpaired) electrons. The van der Waals surface area contributed by atoms with Crippen LogP contribution < -0.4 is 16.0 Å².